The molecule has 35 heavy (non-hydrogen) atoms. The molecule has 0 bridgehead atoms. The maximum absolute atomic E-state index is 13.1. The summed E-state index contributed by atoms with van der Waals surface area (Å²) in [5, 5.41) is 2.48. The minimum atomic E-state index is -3.53. The van der Waals surface area contributed by atoms with Gasteiger partial charge in [0.1, 0.15) is 0 Å². The zero-order valence-corrected chi connectivity index (χ0v) is 20.7. The number of carbonyl (C=O) groups is 1. The minimum Gasteiger partial charge on any atom is -0.477 e. The van der Waals surface area contributed by atoms with Crippen LogP contribution in [-0.2, 0) is 20.2 Å². The predicted octanol–water partition coefficient (Wildman–Crippen LogP) is 3.54. The highest BCUT2D eigenvalue weighted by atomic mass is 32.2. The number of anilines is 2. The first-order chi connectivity index (χ1) is 16.7. The van der Waals surface area contributed by atoms with Gasteiger partial charge in [-0.15, -0.1) is 0 Å². The number of hydrogen-bond acceptors (Lipinski definition) is 8. The molecule has 2 aromatic heterocycles. The molecule has 1 aromatic carbocycles. The first-order valence-electron chi connectivity index (χ1n) is 11.4. The van der Waals surface area contributed by atoms with Crippen molar-refractivity contribution >= 4 is 27.6 Å². The van der Waals surface area contributed by atoms with Crippen LogP contribution in [0.1, 0.15) is 45.7 Å². The zero-order valence-electron chi connectivity index (χ0n) is 19.9. The molecule has 0 saturated heterocycles. The SMILES string of the molecule is CCOc1cncc(-c2ccc(NC(=O)C(C)(C)c3ccnc(NS(=O)(=O)C4CCC4)n3)cc2)n1. The molecule has 1 amide bonds. The van der Waals surface area contributed by atoms with Crippen LogP contribution in [-0.4, -0.2) is 46.1 Å². The number of amides is 1. The number of hydrogen-bond donors (Lipinski definition) is 2. The number of carbonyl (C=O) groups excluding carboxylic acids is 1. The number of aromatic nitrogens is 4. The number of ether oxygens (including phenoxy) is 1. The molecule has 0 radical (unpaired) electrons. The van der Waals surface area contributed by atoms with Gasteiger partial charge in [-0.1, -0.05) is 18.6 Å². The van der Waals surface area contributed by atoms with Gasteiger partial charge in [0.2, 0.25) is 27.8 Å². The van der Waals surface area contributed by atoms with Gasteiger partial charge in [-0.2, -0.15) is 0 Å². The van der Waals surface area contributed by atoms with Crippen LogP contribution < -0.4 is 14.8 Å². The fraction of sp³-hybridized carbons (Fsp3) is 0.375. The van der Waals surface area contributed by atoms with Crippen molar-refractivity contribution in [2.45, 2.75) is 50.7 Å². The van der Waals surface area contributed by atoms with Crippen LogP contribution in [0, 0.1) is 0 Å². The van der Waals surface area contributed by atoms with E-state index in [-0.39, 0.29) is 11.9 Å². The van der Waals surface area contributed by atoms with Gasteiger partial charge < -0.3 is 10.1 Å². The molecule has 0 unspecified atom stereocenters. The zero-order chi connectivity index (χ0) is 25.1. The molecule has 0 atom stereocenters. The third-order valence-electron chi connectivity index (χ3n) is 5.93. The number of rotatable bonds is 9. The van der Waals surface area contributed by atoms with Gasteiger partial charge >= 0.3 is 0 Å². The van der Waals surface area contributed by atoms with Crippen LogP contribution in [0.4, 0.5) is 11.6 Å². The maximum atomic E-state index is 13.1. The fourth-order valence-corrected chi connectivity index (χ4v) is 4.95. The van der Waals surface area contributed by atoms with E-state index in [1.807, 2.05) is 19.1 Å². The average molecular weight is 497 g/mol. The predicted molar refractivity (Wildman–Crippen MR) is 133 cm³/mol. The van der Waals surface area contributed by atoms with Crippen molar-refractivity contribution in [3.05, 3.63) is 54.6 Å². The summed E-state index contributed by atoms with van der Waals surface area (Å²) in [4.78, 5) is 30.0. The second-order valence-corrected chi connectivity index (χ2v) is 10.8. The van der Waals surface area contributed by atoms with Crippen molar-refractivity contribution in [2.24, 2.45) is 0 Å². The number of nitrogens with zero attached hydrogens (tertiary/aromatic N) is 4. The monoisotopic (exact) mass is 496 g/mol. The van der Waals surface area contributed by atoms with E-state index in [2.05, 4.69) is 30.0 Å². The standard InChI is InChI=1S/C24H28N6O4S/c1-4-34-21-15-25-14-19(28-21)16-8-10-17(11-9-16)27-22(31)24(2,3)20-12-13-26-23(29-20)30-35(32,33)18-6-5-7-18/h8-15,18H,4-7H2,1-3H3,(H,27,31)(H,26,29,30). The molecule has 11 heteroatoms. The normalized spacial score (nSPS) is 14.1. The third-order valence-corrected chi connectivity index (χ3v) is 7.75. The molecule has 1 saturated carbocycles. The van der Waals surface area contributed by atoms with Gasteiger partial charge in [0, 0.05) is 17.4 Å². The minimum absolute atomic E-state index is 0.0324. The summed E-state index contributed by atoms with van der Waals surface area (Å²) in [5.74, 6) is 0.119. The van der Waals surface area contributed by atoms with E-state index >= 15 is 0 Å². The Morgan fingerprint density at radius 2 is 1.86 bits per heavy atom. The first kappa shape index (κ1) is 24.5. The Hall–Kier alpha value is -3.60. The van der Waals surface area contributed by atoms with Gasteiger partial charge in [0.25, 0.3) is 0 Å². The van der Waals surface area contributed by atoms with E-state index in [9.17, 15) is 13.2 Å². The highest BCUT2D eigenvalue weighted by Gasteiger charge is 2.34. The van der Waals surface area contributed by atoms with Crippen LogP contribution in [0.25, 0.3) is 11.3 Å². The van der Waals surface area contributed by atoms with E-state index in [1.54, 1.807) is 44.4 Å². The largest absolute Gasteiger partial charge is 0.477 e. The van der Waals surface area contributed by atoms with Gasteiger partial charge in [-0.3, -0.25) is 14.5 Å². The molecule has 10 nitrogen and oxygen atoms in total. The molecular weight excluding hydrogens is 468 g/mol. The summed E-state index contributed by atoms with van der Waals surface area (Å²) in [5.41, 5.74) is 1.44. The molecule has 2 N–H and O–H groups in total. The van der Waals surface area contributed by atoms with Crippen LogP contribution in [0.5, 0.6) is 5.88 Å². The summed E-state index contributed by atoms with van der Waals surface area (Å²) in [6.45, 7) is 5.82. The molecule has 3 aromatic rings. The fourth-order valence-electron chi connectivity index (χ4n) is 3.48. The van der Waals surface area contributed by atoms with E-state index in [0.29, 0.717) is 42.4 Å². The lowest BCUT2D eigenvalue weighted by molar-refractivity contribution is -0.120. The molecule has 2 heterocycles. The van der Waals surface area contributed by atoms with Gasteiger partial charge in [-0.25, -0.2) is 23.4 Å². The van der Waals surface area contributed by atoms with E-state index in [0.717, 1.165) is 12.0 Å². The topological polar surface area (TPSA) is 136 Å². The average Bonchev–Trinajstić information content (AvgIpc) is 2.78. The van der Waals surface area contributed by atoms with Gasteiger partial charge in [0.15, 0.2) is 0 Å². The molecule has 0 aliphatic heterocycles. The lowest BCUT2D eigenvalue weighted by Gasteiger charge is -2.26. The van der Waals surface area contributed by atoms with E-state index in [4.69, 9.17) is 4.74 Å². The summed E-state index contributed by atoms with van der Waals surface area (Å²) in [6, 6.07) is 8.82. The van der Waals surface area contributed by atoms with Crippen molar-refractivity contribution in [1.29, 1.82) is 0 Å². The Morgan fingerprint density at radius 3 is 2.51 bits per heavy atom. The lowest BCUT2D eigenvalue weighted by Crippen LogP contribution is -2.36. The van der Waals surface area contributed by atoms with Gasteiger partial charge in [-0.05, 0) is 51.8 Å². The number of benzene rings is 1. The Morgan fingerprint density at radius 1 is 1.11 bits per heavy atom. The van der Waals surface area contributed by atoms with Crippen LogP contribution in [0.3, 0.4) is 0 Å². The summed E-state index contributed by atoms with van der Waals surface area (Å²) in [6.07, 6.45) is 6.81. The summed E-state index contributed by atoms with van der Waals surface area (Å²) in [7, 11) is -3.53. The van der Waals surface area contributed by atoms with Crippen molar-refractivity contribution < 1.29 is 17.9 Å². The molecule has 1 fully saturated rings. The Kier molecular flexibility index (Phi) is 6.97. The smallest absolute Gasteiger partial charge is 0.237 e. The van der Waals surface area contributed by atoms with Crippen molar-refractivity contribution in [3.8, 4) is 17.1 Å². The quantitative estimate of drug-likeness (QED) is 0.459. The molecular formula is C24H28N6O4S. The Labute approximate surface area is 204 Å². The van der Waals surface area contributed by atoms with Crippen LogP contribution >= 0.6 is 0 Å². The van der Waals surface area contributed by atoms with Crippen molar-refractivity contribution in [3.63, 3.8) is 0 Å². The Bertz CT molecular complexity index is 1310. The number of sulfonamides is 1. The van der Waals surface area contributed by atoms with Crippen molar-refractivity contribution in [1.82, 2.24) is 19.9 Å². The van der Waals surface area contributed by atoms with E-state index < -0.39 is 20.7 Å². The second kappa shape index (κ2) is 9.95. The second-order valence-electron chi connectivity index (χ2n) is 8.80. The molecule has 0 spiro atoms. The van der Waals surface area contributed by atoms with Crippen LogP contribution in [0.2, 0.25) is 0 Å². The maximum Gasteiger partial charge on any atom is 0.237 e. The highest BCUT2D eigenvalue weighted by Crippen LogP contribution is 2.28. The summed E-state index contributed by atoms with van der Waals surface area (Å²) < 4.78 is 32.7. The summed E-state index contributed by atoms with van der Waals surface area (Å²) >= 11 is 0. The lowest BCUT2D eigenvalue weighted by atomic mass is 9.88. The number of nitrogens with one attached hydrogen (secondary N) is 2. The molecule has 4 rings (SSSR count). The molecule has 1 aliphatic rings. The molecule has 1 aliphatic carbocycles. The van der Waals surface area contributed by atoms with Crippen molar-refractivity contribution in [2.75, 3.05) is 16.6 Å². The Balaban J connectivity index is 1.46. The molecule has 184 valence electrons. The first-order valence-corrected chi connectivity index (χ1v) is 13.0. The third kappa shape index (κ3) is 5.56. The highest BCUT2D eigenvalue weighted by molar-refractivity contribution is 7.93. The van der Waals surface area contributed by atoms with Crippen LogP contribution in [0.15, 0.2) is 48.9 Å². The van der Waals surface area contributed by atoms with E-state index in [1.165, 1.54) is 6.20 Å². The van der Waals surface area contributed by atoms with Gasteiger partial charge in [0.05, 0.1) is 41.1 Å².